The predicted molar refractivity (Wildman–Crippen MR) is 51.2 cm³/mol. The van der Waals surface area contributed by atoms with E-state index < -0.39 is 12.0 Å². The maximum atomic E-state index is 11.1. The van der Waals surface area contributed by atoms with Gasteiger partial charge in [-0.1, -0.05) is 6.07 Å². The zero-order valence-electron chi connectivity index (χ0n) is 7.27. The minimum absolute atomic E-state index is 0.184. The van der Waals surface area contributed by atoms with Crippen molar-refractivity contribution < 1.29 is 14.7 Å². The molecule has 2 heterocycles. The first kappa shape index (κ1) is 9.21. The minimum Gasteiger partial charge on any atom is -0.480 e. The van der Waals surface area contributed by atoms with Crippen LogP contribution in [0.4, 0.5) is 0 Å². The maximum absolute atomic E-state index is 11.1. The van der Waals surface area contributed by atoms with Crippen LogP contribution in [0.5, 0.6) is 0 Å². The van der Waals surface area contributed by atoms with Crippen LogP contribution >= 0.6 is 11.3 Å². The van der Waals surface area contributed by atoms with Crippen molar-refractivity contribution in [2.24, 2.45) is 0 Å². The molecule has 5 heteroatoms. The summed E-state index contributed by atoms with van der Waals surface area (Å²) in [7, 11) is 0. The fourth-order valence-corrected chi connectivity index (χ4v) is 2.52. The standard InChI is InChI=1S/C9H9NO3S/c11-7-4-5(6-2-1-3-14-6)8(10-7)9(12)13/h1-3,5,8H,4H2,(H,10,11)(H,12,13). The SMILES string of the molecule is O=C1CC(c2cccs2)C(C(=O)O)N1. The Balaban J connectivity index is 2.26. The lowest BCUT2D eigenvalue weighted by Crippen LogP contribution is -2.35. The number of hydrogen-bond donors (Lipinski definition) is 2. The predicted octanol–water partition coefficient (Wildman–Crippen LogP) is 0.805. The van der Waals surface area contributed by atoms with Gasteiger partial charge in [0.25, 0.3) is 0 Å². The first-order chi connectivity index (χ1) is 6.68. The molecule has 2 rings (SSSR count). The number of rotatable bonds is 2. The molecule has 1 aromatic heterocycles. The van der Waals surface area contributed by atoms with E-state index in [0.717, 1.165) is 4.88 Å². The van der Waals surface area contributed by atoms with Crippen LogP contribution in [0.15, 0.2) is 17.5 Å². The van der Waals surface area contributed by atoms with Crippen LogP contribution in [-0.4, -0.2) is 23.0 Å². The Kier molecular flexibility index (Phi) is 2.25. The number of thiophene rings is 1. The third kappa shape index (κ3) is 1.50. The van der Waals surface area contributed by atoms with Crippen molar-refractivity contribution >= 4 is 23.2 Å². The summed E-state index contributed by atoms with van der Waals surface area (Å²) in [6.07, 6.45) is 0.275. The second kappa shape index (κ2) is 3.42. The van der Waals surface area contributed by atoms with Gasteiger partial charge in [-0.3, -0.25) is 4.79 Å². The van der Waals surface area contributed by atoms with Gasteiger partial charge in [0.15, 0.2) is 0 Å². The summed E-state index contributed by atoms with van der Waals surface area (Å²) in [5, 5.41) is 13.2. The average Bonchev–Trinajstić information content (AvgIpc) is 2.70. The maximum Gasteiger partial charge on any atom is 0.326 e. The zero-order chi connectivity index (χ0) is 10.1. The fourth-order valence-electron chi connectivity index (χ4n) is 1.65. The van der Waals surface area contributed by atoms with Crippen LogP contribution in [0.2, 0.25) is 0 Å². The number of amides is 1. The second-order valence-corrected chi connectivity index (χ2v) is 4.19. The molecular formula is C9H9NO3S. The molecule has 14 heavy (non-hydrogen) atoms. The summed E-state index contributed by atoms with van der Waals surface area (Å²) in [6.45, 7) is 0. The summed E-state index contributed by atoms with van der Waals surface area (Å²) in [6, 6.07) is 2.97. The van der Waals surface area contributed by atoms with Crippen molar-refractivity contribution in [3.05, 3.63) is 22.4 Å². The van der Waals surface area contributed by atoms with Crippen molar-refractivity contribution in [3.63, 3.8) is 0 Å². The Morgan fingerprint density at radius 3 is 3.00 bits per heavy atom. The van der Waals surface area contributed by atoms with E-state index in [1.54, 1.807) is 0 Å². The van der Waals surface area contributed by atoms with E-state index in [1.807, 2.05) is 17.5 Å². The Labute approximate surface area is 84.6 Å². The molecule has 1 amide bonds. The molecule has 0 aromatic carbocycles. The quantitative estimate of drug-likeness (QED) is 0.760. The molecule has 1 aromatic rings. The number of carbonyl (C=O) groups excluding carboxylic acids is 1. The normalized spacial score (nSPS) is 26.1. The molecule has 2 atom stereocenters. The molecule has 1 fully saturated rings. The topological polar surface area (TPSA) is 66.4 Å². The highest BCUT2D eigenvalue weighted by molar-refractivity contribution is 7.10. The van der Waals surface area contributed by atoms with Gasteiger partial charge in [-0.15, -0.1) is 11.3 Å². The lowest BCUT2D eigenvalue weighted by Gasteiger charge is -2.12. The highest BCUT2D eigenvalue weighted by atomic mass is 32.1. The van der Waals surface area contributed by atoms with Gasteiger partial charge in [0.2, 0.25) is 5.91 Å². The molecule has 1 aliphatic heterocycles. The van der Waals surface area contributed by atoms with Gasteiger partial charge < -0.3 is 10.4 Å². The summed E-state index contributed by atoms with van der Waals surface area (Å²) in [5.74, 6) is -1.36. The molecule has 1 aliphatic rings. The highest BCUT2D eigenvalue weighted by Gasteiger charge is 2.38. The highest BCUT2D eigenvalue weighted by Crippen LogP contribution is 2.31. The Morgan fingerprint density at radius 2 is 2.43 bits per heavy atom. The van der Waals surface area contributed by atoms with Crippen molar-refractivity contribution in [1.29, 1.82) is 0 Å². The summed E-state index contributed by atoms with van der Waals surface area (Å²) in [4.78, 5) is 22.9. The van der Waals surface area contributed by atoms with Crippen LogP contribution < -0.4 is 5.32 Å². The lowest BCUT2D eigenvalue weighted by molar-refractivity contribution is -0.140. The monoisotopic (exact) mass is 211 g/mol. The molecule has 4 nitrogen and oxygen atoms in total. The summed E-state index contributed by atoms with van der Waals surface area (Å²) >= 11 is 1.49. The van der Waals surface area contributed by atoms with Gasteiger partial charge in [0.05, 0.1) is 0 Å². The number of carboxylic acids is 1. The van der Waals surface area contributed by atoms with E-state index >= 15 is 0 Å². The van der Waals surface area contributed by atoms with Gasteiger partial charge >= 0.3 is 5.97 Å². The molecule has 1 saturated heterocycles. The largest absolute Gasteiger partial charge is 0.480 e. The van der Waals surface area contributed by atoms with Crippen LogP contribution in [-0.2, 0) is 9.59 Å². The first-order valence-corrected chi connectivity index (χ1v) is 5.12. The molecule has 0 radical (unpaired) electrons. The van der Waals surface area contributed by atoms with Crippen LogP contribution in [0.3, 0.4) is 0 Å². The number of hydrogen-bond acceptors (Lipinski definition) is 3. The van der Waals surface area contributed by atoms with Gasteiger partial charge in [0, 0.05) is 17.2 Å². The van der Waals surface area contributed by atoms with Gasteiger partial charge in [-0.05, 0) is 11.4 Å². The number of aliphatic carboxylic acids is 1. The third-order valence-corrected chi connectivity index (χ3v) is 3.30. The Morgan fingerprint density at radius 1 is 1.64 bits per heavy atom. The third-order valence-electron chi connectivity index (χ3n) is 2.30. The Hall–Kier alpha value is -1.36. The zero-order valence-corrected chi connectivity index (χ0v) is 8.08. The molecule has 2 unspecified atom stereocenters. The van der Waals surface area contributed by atoms with Crippen molar-refractivity contribution in [2.75, 3.05) is 0 Å². The van der Waals surface area contributed by atoms with E-state index in [-0.39, 0.29) is 18.2 Å². The van der Waals surface area contributed by atoms with Crippen molar-refractivity contribution in [2.45, 2.75) is 18.4 Å². The number of nitrogens with one attached hydrogen (secondary N) is 1. The molecular weight excluding hydrogens is 202 g/mol. The molecule has 0 spiro atoms. The lowest BCUT2D eigenvalue weighted by atomic mass is 9.99. The second-order valence-electron chi connectivity index (χ2n) is 3.21. The Bertz CT molecular complexity index is 360. The minimum atomic E-state index is -0.964. The summed E-state index contributed by atoms with van der Waals surface area (Å²) < 4.78 is 0. The fraction of sp³-hybridized carbons (Fsp3) is 0.333. The van der Waals surface area contributed by atoms with E-state index in [0.29, 0.717) is 0 Å². The number of carbonyl (C=O) groups is 2. The van der Waals surface area contributed by atoms with Gasteiger partial charge in [-0.25, -0.2) is 4.79 Å². The molecule has 2 N–H and O–H groups in total. The van der Waals surface area contributed by atoms with Crippen molar-refractivity contribution in [3.8, 4) is 0 Å². The smallest absolute Gasteiger partial charge is 0.326 e. The average molecular weight is 211 g/mol. The van der Waals surface area contributed by atoms with E-state index in [4.69, 9.17) is 5.11 Å². The van der Waals surface area contributed by atoms with Crippen LogP contribution in [0.25, 0.3) is 0 Å². The molecule has 0 bridgehead atoms. The van der Waals surface area contributed by atoms with Gasteiger partial charge in [-0.2, -0.15) is 0 Å². The van der Waals surface area contributed by atoms with Crippen LogP contribution in [0.1, 0.15) is 17.2 Å². The van der Waals surface area contributed by atoms with E-state index in [9.17, 15) is 9.59 Å². The molecule has 74 valence electrons. The van der Waals surface area contributed by atoms with Crippen molar-refractivity contribution in [1.82, 2.24) is 5.32 Å². The molecule has 0 saturated carbocycles. The number of carboxylic acid groups (broad SMARTS) is 1. The summed E-state index contributed by atoms with van der Waals surface area (Å²) in [5.41, 5.74) is 0. The van der Waals surface area contributed by atoms with E-state index in [2.05, 4.69) is 5.32 Å². The van der Waals surface area contributed by atoms with E-state index in [1.165, 1.54) is 11.3 Å². The first-order valence-electron chi connectivity index (χ1n) is 4.24. The molecule has 0 aliphatic carbocycles. The van der Waals surface area contributed by atoms with Gasteiger partial charge in [0.1, 0.15) is 6.04 Å². The van der Waals surface area contributed by atoms with Crippen LogP contribution in [0, 0.1) is 0 Å².